The summed E-state index contributed by atoms with van der Waals surface area (Å²) in [5, 5.41) is 106. The summed E-state index contributed by atoms with van der Waals surface area (Å²) in [6.07, 6.45) is -16.7. The smallest absolute Gasteiger partial charge is 0.407 e. The van der Waals surface area contributed by atoms with E-state index in [2.05, 4.69) is 16.0 Å². The molecule has 33 heteroatoms. The number of ether oxygens (including phenoxy) is 4. The largest absolute Gasteiger partial charge is 0.444 e. The van der Waals surface area contributed by atoms with Gasteiger partial charge in [-0.3, -0.25) is 38.4 Å². The first-order valence-corrected chi connectivity index (χ1v) is 25.9. The number of carbonyl (C=O) groups excluding carboxylic acids is 9. The molecule has 81 heavy (non-hydrogen) atoms. The van der Waals surface area contributed by atoms with E-state index in [4.69, 9.17) is 34.9 Å². The zero-order valence-electron chi connectivity index (χ0n) is 47.6. The second-order valence-corrected chi connectivity index (χ2v) is 19.9. The molecule has 0 saturated carbocycles. The average molecular weight is 1180 g/mol. The lowest BCUT2D eigenvalue weighted by Crippen LogP contribution is -2.54. The number of nitrogens with zero attached hydrogens (tertiary/aromatic N) is 6. The molecule has 0 aliphatic heterocycles. The van der Waals surface area contributed by atoms with Gasteiger partial charge in [0.25, 0.3) is 0 Å². The first kappa shape index (κ1) is 75.5. The fourth-order valence-electron chi connectivity index (χ4n) is 6.81. The molecule has 0 bridgehead atoms. The molecule has 0 aliphatic rings. The van der Waals surface area contributed by atoms with Gasteiger partial charge in [-0.25, -0.2) is 4.79 Å². The zero-order valence-corrected chi connectivity index (χ0v) is 47.6. The molecule has 33 nitrogen and oxygen atoms in total. The third kappa shape index (κ3) is 31.5. The fraction of sp³-hybridized carbons (Fsp3) is 0.812. The van der Waals surface area contributed by atoms with Crippen LogP contribution in [0.1, 0.15) is 40.0 Å². The van der Waals surface area contributed by atoms with Gasteiger partial charge in [-0.1, -0.05) is 0 Å². The summed E-state index contributed by atoms with van der Waals surface area (Å²) in [6, 6.07) is -1.22. The van der Waals surface area contributed by atoms with Crippen LogP contribution >= 0.6 is 0 Å². The maximum absolute atomic E-state index is 13.7. The highest BCUT2D eigenvalue weighted by Crippen LogP contribution is 2.13. The highest BCUT2D eigenvalue weighted by atomic mass is 16.6. The van der Waals surface area contributed by atoms with Crippen LogP contribution in [0.25, 0.3) is 0 Å². The van der Waals surface area contributed by atoms with Crippen molar-refractivity contribution in [1.82, 2.24) is 45.3 Å². The maximum atomic E-state index is 13.7. The van der Waals surface area contributed by atoms with Crippen LogP contribution in [0.4, 0.5) is 4.79 Å². The first-order chi connectivity index (χ1) is 37.8. The standard InChI is InChI=1S/C48H90N10O23/c1-48(2,3)81-47(77)51-12-9-10-30(52-36(66)24-54(5)39(69)25-55(6)38(68)20-49)46(76)57(8)27-41(71)56(7)26-40(70)53(4)23-35(65)50-13-15-79-17-19-80-18-16-78-14-11-37(67)58(21-31(61)42(72)44(74)33(63)28-59)22-32(62)43(73)45(75)34(64)29-60/h30-34,42-45,59-64,72-75H,9-29,49H2,1-8H3,(H,50,65)(H,51,77)(H,52,66)/t30?,31-,32-,33+,34+,42+,43+,44+,45+/m0/s1. The zero-order chi connectivity index (χ0) is 62.2. The first-order valence-electron chi connectivity index (χ1n) is 25.9. The Kier molecular flexibility index (Phi) is 37.1. The van der Waals surface area contributed by atoms with Crippen molar-refractivity contribution >= 4 is 53.4 Å². The van der Waals surface area contributed by atoms with E-state index in [1.807, 2.05) is 0 Å². The van der Waals surface area contributed by atoms with Crippen LogP contribution in [-0.2, 0) is 57.3 Å². The van der Waals surface area contributed by atoms with E-state index in [9.17, 15) is 84.0 Å². The molecular weight excluding hydrogens is 1080 g/mol. The molecule has 0 aromatic carbocycles. The summed E-state index contributed by atoms with van der Waals surface area (Å²) >= 11 is 0. The molecule has 0 spiro atoms. The summed E-state index contributed by atoms with van der Waals surface area (Å²) in [5.74, 6) is -5.14. The van der Waals surface area contributed by atoms with E-state index in [0.29, 0.717) is 0 Å². The third-order valence-corrected chi connectivity index (χ3v) is 11.7. The minimum absolute atomic E-state index is 0.0111. The van der Waals surface area contributed by atoms with E-state index >= 15 is 0 Å². The maximum Gasteiger partial charge on any atom is 0.407 e. The van der Waals surface area contributed by atoms with Crippen molar-refractivity contribution in [3.05, 3.63) is 0 Å². The van der Waals surface area contributed by atoms with Crippen molar-refractivity contribution in [1.29, 1.82) is 0 Å². The fourth-order valence-corrected chi connectivity index (χ4v) is 6.81. The number of hydrogen-bond acceptors (Lipinski definition) is 24. The molecule has 15 N–H and O–H groups in total. The minimum Gasteiger partial charge on any atom is -0.444 e. The Morgan fingerprint density at radius 3 is 1.36 bits per heavy atom. The van der Waals surface area contributed by atoms with Gasteiger partial charge in [-0.15, -0.1) is 0 Å². The summed E-state index contributed by atoms with van der Waals surface area (Å²) in [6.45, 7) is -0.800. The van der Waals surface area contributed by atoms with E-state index in [-0.39, 0.29) is 91.6 Å². The van der Waals surface area contributed by atoms with Gasteiger partial charge >= 0.3 is 6.09 Å². The van der Waals surface area contributed by atoms with Crippen LogP contribution in [0, 0.1) is 0 Å². The second kappa shape index (κ2) is 39.8. The van der Waals surface area contributed by atoms with E-state index in [0.717, 1.165) is 29.4 Å². The number of aliphatic hydroxyl groups is 10. The molecule has 9 atom stereocenters. The van der Waals surface area contributed by atoms with Crippen molar-refractivity contribution < 1.29 is 113 Å². The SMILES string of the molecule is CN(CC(=O)NCCOCCOCCOCCC(=O)N(C[C@H](O)[C@@H](O)[C@H](O)[C@H](O)CO)C[C@H](O)[C@@H](O)[C@H](O)[C@H](O)CO)C(=O)CN(C)C(=O)CN(C)C(=O)C(CCCNC(=O)OC(C)(C)C)NC(=O)CN(C)C(=O)CN(C)C(=O)CN. The normalized spacial score (nSPS) is 14.8. The second-order valence-electron chi connectivity index (χ2n) is 19.9. The van der Waals surface area contributed by atoms with Crippen molar-refractivity contribution in [3.63, 3.8) is 0 Å². The number of carbonyl (C=O) groups is 9. The van der Waals surface area contributed by atoms with Crippen LogP contribution < -0.4 is 21.7 Å². The van der Waals surface area contributed by atoms with Gasteiger partial charge in [0.2, 0.25) is 47.3 Å². The molecular formula is C48H90N10O23. The van der Waals surface area contributed by atoms with Crippen LogP contribution in [0.5, 0.6) is 0 Å². The van der Waals surface area contributed by atoms with Crippen LogP contribution in [0.15, 0.2) is 0 Å². The van der Waals surface area contributed by atoms with Gasteiger partial charge < -0.3 is 121 Å². The highest BCUT2D eigenvalue weighted by molar-refractivity contribution is 5.93. The van der Waals surface area contributed by atoms with Crippen molar-refractivity contribution in [3.8, 4) is 0 Å². The number of aliphatic hydroxyl groups excluding tert-OH is 10. The van der Waals surface area contributed by atoms with Crippen LogP contribution in [0.2, 0.25) is 0 Å². The Hall–Kier alpha value is -5.53. The van der Waals surface area contributed by atoms with Crippen molar-refractivity contribution in [2.24, 2.45) is 5.73 Å². The molecule has 0 heterocycles. The number of nitrogens with one attached hydrogen (secondary N) is 3. The van der Waals surface area contributed by atoms with Crippen LogP contribution in [0.3, 0.4) is 0 Å². The van der Waals surface area contributed by atoms with Gasteiger partial charge in [-0.05, 0) is 33.6 Å². The van der Waals surface area contributed by atoms with Gasteiger partial charge in [0.1, 0.15) is 60.5 Å². The van der Waals surface area contributed by atoms with E-state index in [1.165, 1.54) is 35.2 Å². The molecule has 1 unspecified atom stereocenters. The van der Waals surface area contributed by atoms with E-state index in [1.54, 1.807) is 20.8 Å². The molecule has 0 aliphatic carbocycles. The van der Waals surface area contributed by atoms with Gasteiger partial charge in [0, 0.05) is 61.4 Å². The predicted molar refractivity (Wildman–Crippen MR) is 282 cm³/mol. The summed E-state index contributed by atoms with van der Waals surface area (Å²) < 4.78 is 21.4. The predicted octanol–water partition coefficient (Wildman–Crippen LogP) is -9.72. The Bertz CT molecular complexity index is 1910. The van der Waals surface area contributed by atoms with Crippen molar-refractivity contribution in [2.75, 3.05) is 154 Å². The average Bonchev–Trinajstić information content (AvgIpc) is 3.43. The molecule has 0 aromatic rings. The Morgan fingerprint density at radius 1 is 0.494 bits per heavy atom. The molecule has 470 valence electrons. The number of nitrogens with two attached hydrogens (primary N) is 1. The molecule has 0 aromatic heterocycles. The monoisotopic (exact) mass is 1170 g/mol. The summed E-state index contributed by atoms with van der Waals surface area (Å²) in [5.41, 5.74) is 4.58. The van der Waals surface area contributed by atoms with Gasteiger partial charge in [0.05, 0.1) is 98.5 Å². The lowest BCUT2D eigenvalue weighted by atomic mass is 10.0. The molecule has 0 saturated heterocycles. The number of rotatable bonds is 41. The topological polar surface area (TPSA) is 474 Å². The van der Waals surface area contributed by atoms with Gasteiger partial charge in [0.15, 0.2) is 0 Å². The minimum atomic E-state index is -2.08. The Balaban J connectivity index is 4.98. The summed E-state index contributed by atoms with van der Waals surface area (Å²) in [7, 11) is 6.66. The summed E-state index contributed by atoms with van der Waals surface area (Å²) in [4.78, 5) is 121. The van der Waals surface area contributed by atoms with E-state index < -0.39 is 160 Å². The quantitative estimate of drug-likeness (QED) is 0.0253. The van der Waals surface area contributed by atoms with Crippen molar-refractivity contribution in [2.45, 2.75) is 101 Å². The number of alkyl carbamates (subject to hydrolysis) is 1. The molecule has 9 amide bonds. The lowest BCUT2D eigenvalue weighted by molar-refractivity contribution is -0.149. The van der Waals surface area contributed by atoms with Gasteiger partial charge in [-0.2, -0.15) is 0 Å². The third-order valence-electron chi connectivity index (χ3n) is 11.7. The Morgan fingerprint density at radius 2 is 0.901 bits per heavy atom. The number of likely N-dealkylation sites (N-methyl/N-ethyl adjacent to an activating group) is 5. The molecule has 0 fully saturated rings. The Labute approximate surface area is 470 Å². The number of hydrogen-bond donors (Lipinski definition) is 14. The van der Waals surface area contributed by atoms with Crippen LogP contribution in [-0.4, -0.2) is 348 Å². The molecule has 0 rings (SSSR count). The highest BCUT2D eigenvalue weighted by Gasteiger charge is 2.36. The lowest BCUT2D eigenvalue weighted by Gasteiger charge is -2.33. The number of amides is 9. The molecule has 0 radical (unpaired) electrons.